The number of nitrogens with one attached hydrogen (secondary N) is 1. The first kappa shape index (κ1) is 25.3. The van der Waals surface area contributed by atoms with Crippen molar-refractivity contribution in [3.8, 4) is 5.75 Å². The van der Waals surface area contributed by atoms with Gasteiger partial charge in [-0.3, -0.25) is 9.59 Å². The number of amides is 2. The van der Waals surface area contributed by atoms with Gasteiger partial charge in [-0.05, 0) is 34.9 Å². The molecule has 0 aliphatic carbocycles. The molecule has 0 fully saturated rings. The number of hydrogen-bond donors (Lipinski definition) is 1. The summed E-state index contributed by atoms with van der Waals surface area (Å²) in [5, 5.41) is 2.70. The molecule has 3 aromatic carbocycles. The van der Waals surface area contributed by atoms with Crippen molar-refractivity contribution in [2.24, 2.45) is 0 Å². The Labute approximate surface area is 204 Å². The van der Waals surface area contributed by atoms with Gasteiger partial charge in [0.2, 0.25) is 11.8 Å². The van der Waals surface area contributed by atoms with Crippen LogP contribution in [-0.2, 0) is 28.3 Å². The SMILES string of the molecule is CNC(=O)[C@@H](Cc1ccccc1)N(Cc1cccc(OC)c1)C(=O)CSCc1ccccc1F. The molecule has 0 unspecified atom stereocenters. The number of carbonyl (C=O) groups excluding carboxylic acids is 2. The Hall–Kier alpha value is -3.32. The van der Waals surface area contributed by atoms with Crippen molar-refractivity contribution < 1.29 is 18.7 Å². The van der Waals surface area contributed by atoms with Crippen LogP contribution in [0.1, 0.15) is 16.7 Å². The number of rotatable bonds is 11. The standard InChI is InChI=1S/C27H29FN2O3S/c1-29-27(32)25(16-20-9-4-3-5-10-20)30(17-21-11-8-13-23(15-21)33-2)26(31)19-34-18-22-12-6-7-14-24(22)28/h3-15,25H,16-19H2,1-2H3,(H,29,32)/t25-/m1/s1. The summed E-state index contributed by atoms with van der Waals surface area (Å²) >= 11 is 1.33. The largest absolute Gasteiger partial charge is 0.497 e. The number of benzene rings is 3. The lowest BCUT2D eigenvalue weighted by Crippen LogP contribution is -2.50. The van der Waals surface area contributed by atoms with Crippen LogP contribution in [0, 0.1) is 5.82 Å². The molecule has 0 bridgehead atoms. The van der Waals surface area contributed by atoms with E-state index in [-0.39, 0.29) is 29.9 Å². The molecule has 0 aliphatic rings. The molecule has 0 heterocycles. The van der Waals surface area contributed by atoms with E-state index in [1.807, 2.05) is 54.6 Å². The van der Waals surface area contributed by atoms with Crippen LogP contribution in [0.3, 0.4) is 0 Å². The fourth-order valence-electron chi connectivity index (χ4n) is 3.63. The zero-order chi connectivity index (χ0) is 24.3. The molecule has 7 heteroatoms. The first-order valence-corrected chi connectivity index (χ1v) is 12.2. The lowest BCUT2D eigenvalue weighted by molar-refractivity contribution is -0.139. The molecule has 2 amide bonds. The Kier molecular flexibility index (Phi) is 9.52. The summed E-state index contributed by atoms with van der Waals surface area (Å²) in [5.74, 6) is 0.462. The van der Waals surface area contributed by atoms with Crippen LogP contribution in [0.25, 0.3) is 0 Å². The minimum Gasteiger partial charge on any atom is -0.497 e. The van der Waals surface area contributed by atoms with Crippen LogP contribution in [-0.4, -0.2) is 42.7 Å². The number of likely N-dealkylation sites (N-methyl/N-ethyl adjacent to an activating group) is 1. The Morgan fingerprint density at radius 1 is 1.00 bits per heavy atom. The van der Waals surface area contributed by atoms with E-state index in [2.05, 4.69) is 5.32 Å². The second kappa shape index (κ2) is 12.8. The predicted molar refractivity (Wildman–Crippen MR) is 134 cm³/mol. The monoisotopic (exact) mass is 480 g/mol. The summed E-state index contributed by atoms with van der Waals surface area (Å²) in [6.45, 7) is 0.251. The summed E-state index contributed by atoms with van der Waals surface area (Å²) in [6.07, 6.45) is 0.383. The molecule has 1 atom stereocenters. The van der Waals surface area contributed by atoms with Gasteiger partial charge in [-0.15, -0.1) is 11.8 Å². The summed E-state index contributed by atoms with van der Waals surface area (Å²) in [7, 11) is 3.16. The summed E-state index contributed by atoms with van der Waals surface area (Å²) in [5.41, 5.74) is 2.36. The third kappa shape index (κ3) is 7.09. The lowest BCUT2D eigenvalue weighted by Gasteiger charge is -2.31. The molecule has 1 N–H and O–H groups in total. The van der Waals surface area contributed by atoms with Gasteiger partial charge in [0.15, 0.2) is 0 Å². The Bertz CT molecular complexity index is 1090. The molecular weight excluding hydrogens is 451 g/mol. The van der Waals surface area contributed by atoms with Gasteiger partial charge >= 0.3 is 0 Å². The fraction of sp³-hybridized carbons (Fsp3) is 0.259. The molecule has 5 nitrogen and oxygen atoms in total. The maximum absolute atomic E-state index is 14.0. The highest BCUT2D eigenvalue weighted by Crippen LogP contribution is 2.21. The third-order valence-electron chi connectivity index (χ3n) is 5.45. The second-order valence-corrected chi connectivity index (χ2v) is 8.76. The summed E-state index contributed by atoms with van der Waals surface area (Å²) < 4.78 is 19.3. The van der Waals surface area contributed by atoms with E-state index in [4.69, 9.17) is 4.74 Å². The Morgan fingerprint density at radius 3 is 2.41 bits per heavy atom. The highest BCUT2D eigenvalue weighted by molar-refractivity contribution is 7.99. The topological polar surface area (TPSA) is 58.6 Å². The molecule has 3 rings (SSSR count). The quantitative estimate of drug-likeness (QED) is 0.441. The maximum atomic E-state index is 14.0. The predicted octanol–water partition coefficient (Wildman–Crippen LogP) is 4.45. The van der Waals surface area contributed by atoms with Gasteiger partial charge in [-0.25, -0.2) is 4.39 Å². The van der Waals surface area contributed by atoms with E-state index in [0.717, 1.165) is 11.1 Å². The summed E-state index contributed by atoms with van der Waals surface area (Å²) in [4.78, 5) is 28.0. The van der Waals surface area contributed by atoms with Gasteiger partial charge in [0.1, 0.15) is 17.6 Å². The number of hydrogen-bond acceptors (Lipinski definition) is 4. The van der Waals surface area contributed by atoms with E-state index < -0.39 is 6.04 Å². The molecule has 0 aromatic heterocycles. The molecule has 0 aliphatic heterocycles. The van der Waals surface area contributed by atoms with Crippen LogP contribution < -0.4 is 10.1 Å². The molecule has 178 valence electrons. The van der Waals surface area contributed by atoms with E-state index in [1.165, 1.54) is 17.8 Å². The third-order valence-corrected chi connectivity index (χ3v) is 6.41. The molecule has 0 saturated heterocycles. The van der Waals surface area contributed by atoms with Crippen molar-refractivity contribution in [2.75, 3.05) is 19.9 Å². The van der Waals surface area contributed by atoms with Crippen molar-refractivity contribution in [2.45, 2.75) is 24.8 Å². The molecule has 0 saturated carbocycles. The maximum Gasteiger partial charge on any atom is 0.242 e. The minimum absolute atomic E-state index is 0.126. The average molecular weight is 481 g/mol. The molecular formula is C27H29FN2O3S. The number of nitrogens with zero attached hydrogens (tertiary/aromatic N) is 1. The lowest BCUT2D eigenvalue weighted by atomic mass is 10.0. The number of halogens is 1. The zero-order valence-corrected chi connectivity index (χ0v) is 20.2. The first-order chi connectivity index (χ1) is 16.5. The van der Waals surface area contributed by atoms with E-state index >= 15 is 0 Å². The highest BCUT2D eigenvalue weighted by atomic mass is 32.2. The van der Waals surface area contributed by atoms with Crippen LogP contribution in [0.2, 0.25) is 0 Å². The molecule has 0 spiro atoms. The molecule has 0 radical (unpaired) electrons. The van der Waals surface area contributed by atoms with Gasteiger partial charge in [0.25, 0.3) is 0 Å². The number of carbonyl (C=O) groups is 2. The second-order valence-electron chi connectivity index (χ2n) is 7.78. The number of methoxy groups -OCH3 is 1. The van der Waals surface area contributed by atoms with Gasteiger partial charge in [-0.1, -0.05) is 60.7 Å². The van der Waals surface area contributed by atoms with Crippen molar-refractivity contribution >= 4 is 23.6 Å². The smallest absolute Gasteiger partial charge is 0.242 e. The average Bonchev–Trinajstić information content (AvgIpc) is 2.87. The molecule has 34 heavy (non-hydrogen) atoms. The van der Waals surface area contributed by atoms with E-state index in [0.29, 0.717) is 23.5 Å². The minimum atomic E-state index is -0.694. The van der Waals surface area contributed by atoms with Crippen molar-refractivity contribution in [3.05, 3.63) is 101 Å². The zero-order valence-electron chi connectivity index (χ0n) is 19.4. The van der Waals surface area contributed by atoms with Crippen molar-refractivity contribution in [3.63, 3.8) is 0 Å². The van der Waals surface area contributed by atoms with Gasteiger partial charge in [-0.2, -0.15) is 0 Å². The van der Waals surface area contributed by atoms with Crippen LogP contribution in [0.15, 0.2) is 78.9 Å². The van der Waals surface area contributed by atoms with Crippen molar-refractivity contribution in [1.29, 1.82) is 0 Å². The Morgan fingerprint density at radius 2 is 1.71 bits per heavy atom. The summed E-state index contributed by atoms with van der Waals surface area (Å²) in [6, 6.07) is 22.9. The van der Waals surface area contributed by atoms with Crippen LogP contribution in [0.5, 0.6) is 5.75 Å². The number of thioether (sulfide) groups is 1. The fourth-order valence-corrected chi connectivity index (χ4v) is 4.53. The molecule has 3 aromatic rings. The van der Waals surface area contributed by atoms with Crippen molar-refractivity contribution in [1.82, 2.24) is 10.2 Å². The first-order valence-electron chi connectivity index (χ1n) is 11.0. The van der Waals surface area contributed by atoms with E-state index in [1.54, 1.807) is 37.3 Å². The Balaban J connectivity index is 1.83. The van der Waals surface area contributed by atoms with Crippen LogP contribution in [0.4, 0.5) is 4.39 Å². The van der Waals surface area contributed by atoms with Gasteiger partial charge in [0.05, 0.1) is 12.9 Å². The van der Waals surface area contributed by atoms with E-state index in [9.17, 15) is 14.0 Å². The van der Waals surface area contributed by atoms with Crippen LogP contribution >= 0.6 is 11.8 Å². The number of ether oxygens (including phenoxy) is 1. The van der Waals surface area contributed by atoms with Gasteiger partial charge < -0.3 is 15.0 Å². The highest BCUT2D eigenvalue weighted by Gasteiger charge is 2.29. The normalized spacial score (nSPS) is 11.5. The van der Waals surface area contributed by atoms with Gasteiger partial charge in [0, 0.05) is 25.8 Å².